The molecule has 8 nitrogen and oxygen atoms in total. The highest BCUT2D eigenvalue weighted by molar-refractivity contribution is 5.78. The summed E-state index contributed by atoms with van der Waals surface area (Å²) in [6.07, 6.45) is 14.9. The lowest BCUT2D eigenvalue weighted by Gasteiger charge is -2.33. The van der Waals surface area contributed by atoms with E-state index in [1.165, 1.54) is 6.20 Å². The van der Waals surface area contributed by atoms with Gasteiger partial charge in [-0.05, 0) is 32.6 Å². The Kier molecular flexibility index (Phi) is 8.55. The summed E-state index contributed by atoms with van der Waals surface area (Å²) in [5.74, 6) is 4.20. The fourth-order valence-electron chi connectivity index (χ4n) is 4.38. The predicted molar refractivity (Wildman–Crippen MR) is 122 cm³/mol. The molecule has 2 aliphatic heterocycles. The number of hydrogen-bond acceptors (Lipinski definition) is 8. The Labute approximate surface area is 200 Å². The van der Waals surface area contributed by atoms with E-state index in [0.717, 1.165) is 0 Å². The molecule has 0 unspecified atom stereocenters. The van der Waals surface area contributed by atoms with Crippen molar-refractivity contribution < 1.29 is 33.6 Å². The molecular weight excluding hydrogens is 438 g/mol. The first-order valence-electron chi connectivity index (χ1n) is 11.4. The van der Waals surface area contributed by atoms with E-state index < -0.39 is 22.8 Å². The van der Waals surface area contributed by atoms with E-state index in [1.54, 1.807) is 6.92 Å². The average Bonchev–Trinajstić information content (AvgIpc) is 2.85. The molecule has 0 amide bonds. The summed E-state index contributed by atoms with van der Waals surface area (Å²) in [6.45, 7) is 3.05. The number of nitrogens with zero attached hydrogens (tertiary/aromatic N) is 1. The fourth-order valence-corrected chi connectivity index (χ4v) is 4.38. The van der Waals surface area contributed by atoms with Gasteiger partial charge in [0.15, 0.2) is 0 Å². The Bertz CT molecular complexity index is 976. The molecule has 2 saturated heterocycles. The van der Waals surface area contributed by atoms with Crippen molar-refractivity contribution in [3.8, 4) is 30.4 Å². The summed E-state index contributed by atoms with van der Waals surface area (Å²) < 4.78 is 22.0. The van der Waals surface area contributed by atoms with Crippen LogP contribution in [0.4, 0.5) is 0 Å². The number of pyridine rings is 1. The second-order valence-corrected chi connectivity index (χ2v) is 8.90. The van der Waals surface area contributed by atoms with Crippen molar-refractivity contribution in [3.05, 3.63) is 23.0 Å². The molecular formula is C26H31NO7. The van der Waals surface area contributed by atoms with Crippen LogP contribution in [0.1, 0.15) is 55.3 Å². The van der Waals surface area contributed by atoms with Gasteiger partial charge in [0, 0.05) is 56.6 Å². The van der Waals surface area contributed by atoms with E-state index in [1.807, 2.05) is 0 Å². The zero-order valence-electron chi connectivity index (χ0n) is 19.6. The van der Waals surface area contributed by atoms with Crippen LogP contribution in [0.15, 0.2) is 6.20 Å². The van der Waals surface area contributed by atoms with Gasteiger partial charge in [-0.1, -0.05) is 0 Å². The second-order valence-electron chi connectivity index (χ2n) is 8.90. The average molecular weight is 470 g/mol. The van der Waals surface area contributed by atoms with E-state index in [4.69, 9.17) is 31.8 Å². The Morgan fingerprint density at radius 3 is 1.91 bits per heavy atom. The summed E-state index contributed by atoms with van der Waals surface area (Å²) in [4.78, 5) is 30.1. The molecule has 1 aromatic heterocycles. The lowest BCUT2D eigenvalue weighted by atomic mass is 9.77. The SMILES string of the molecule is C#CCC1(C(=O)OCc2cnc(C)c(O)c2COC(=O)C2(CC#C)CCOCC2)CCOCC1. The number of aryl methyl sites for hydroxylation is 1. The number of aromatic hydroxyl groups is 1. The van der Waals surface area contributed by atoms with Gasteiger partial charge in [-0.15, -0.1) is 24.7 Å². The molecule has 182 valence electrons. The third-order valence-corrected chi connectivity index (χ3v) is 6.78. The maximum atomic E-state index is 13.0. The van der Waals surface area contributed by atoms with Crippen molar-refractivity contribution in [2.75, 3.05) is 26.4 Å². The maximum absolute atomic E-state index is 13.0. The molecule has 34 heavy (non-hydrogen) atoms. The second kappa shape index (κ2) is 11.4. The number of hydrogen-bond donors (Lipinski definition) is 1. The van der Waals surface area contributed by atoms with Crippen molar-refractivity contribution in [2.45, 2.75) is 58.7 Å². The monoisotopic (exact) mass is 469 g/mol. The molecule has 8 heteroatoms. The van der Waals surface area contributed by atoms with E-state index in [-0.39, 0.29) is 31.8 Å². The predicted octanol–water partition coefficient (Wildman–Crippen LogP) is 2.82. The Morgan fingerprint density at radius 2 is 1.44 bits per heavy atom. The van der Waals surface area contributed by atoms with E-state index in [0.29, 0.717) is 68.9 Å². The summed E-state index contributed by atoms with van der Waals surface area (Å²) in [5.41, 5.74) is -0.426. The van der Waals surface area contributed by atoms with Gasteiger partial charge in [-0.2, -0.15) is 0 Å². The smallest absolute Gasteiger partial charge is 0.313 e. The summed E-state index contributed by atoms with van der Waals surface area (Å²) >= 11 is 0. The Balaban J connectivity index is 1.73. The molecule has 1 aromatic rings. The molecule has 3 rings (SSSR count). The lowest BCUT2D eigenvalue weighted by molar-refractivity contribution is -0.164. The van der Waals surface area contributed by atoms with Crippen molar-refractivity contribution in [3.63, 3.8) is 0 Å². The Morgan fingerprint density at radius 1 is 0.971 bits per heavy atom. The largest absolute Gasteiger partial charge is 0.506 e. The van der Waals surface area contributed by atoms with Crippen molar-refractivity contribution in [1.29, 1.82) is 0 Å². The van der Waals surface area contributed by atoms with Gasteiger partial charge in [-0.3, -0.25) is 14.6 Å². The molecule has 0 atom stereocenters. The van der Waals surface area contributed by atoms with Crippen LogP contribution in [0.25, 0.3) is 0 Å². The van der Waals surface area contributed by atoms with Gasteiger partial charge in [-0.25, -0.2) is 0 Å². The molecule has 0 spiro atoms. The molecule has 2 fully saturated rings. The van der Waals surface area contributed by atoms with Crippen molar-refractivity contribution in [1.82, 2.24) is 4.98 Å². The van der Waals surface area contributed by atoms with Crippen LogP contribution in [0.3, 0.4) is 0 Å². The molecule has 1 N–H and O–H groups in total. The van der Waals surface area contributed by atoms with Gasteiger partial charge in [0.2, 0.25) is 0 Å². The number of carbonyl (C=O) groups is 2. The molecule has 3 heterocycles. The number of aromatic nitrogens is 1. The van der Waals surface area contributed by atoms with Crippen molar-refractivity contribution in [2.24, 2.45) is 10.8 Å². The first kappa shape index (κ1) is 25.6. The summed E-state index contributed by atoms with van der Waals surface area (Å²) in [5, 5.41) is 10.6. The molecule has 0 radical (unpaired) electrons. The molecule has 2 aliphatic rings. The third kappa shape index (κ3) is 5.52. The van der Waals surface area contributed by atoms with Crippen LogP contribution in [0.2, 0.25) is 0 Å². The van der Waals surface area contributed by atoms with Crippen LogP contribution in [0.5, 0.6) is 5.75 Å². The number of rotatable bonds is 8. The highest BCUT2D eigenvalue weighted by Crippen LogP contribution is 2.37. The van der Waals surface area contributed by atoms with Gasteiger partial charge in [0.1, 0.15) is 19.0 Å². The van der Waals surface area contributed by atoms with Gasteiger partial charge < -0.3 is 24.1 Å². The third-order valence-electron chi connectivity index (χ3n) is 6.78. The van der Waals surface area contributed by atoms with Gasteiger partial charge in [0.25, 0.3) is 0 Å². The summed E-state index contributed by atoms with van der Waals surface area (Å²) in [6, 6.07) is 0. The van der Waals surface area contributed by atoms with E-state index in [9.17, 15) is 14.7 Å². The Hall–Kier alpha value is -3.07. The van der Waals surface area contributed by atoms with Crippen LogP contribution >= 0.6 is 0 Å². The maximum Gasteiger partial charge on any atom is 0.313 e. The standard InChI is InChI=1S/C26H31NO7/c1-4-6-25(8-12-31-13-9-25)23(29)33-17-20-16-27-19(3)22(28)21(20)18-34-24(30)26(7-5-2)10-14-32-15-11-26/h1-2,16,28H,6-15,17-18H2,3H3. The number of carbonyl (C=O) groups excluding carboxylic acids is 2. The minimum Gasteiger partial charge on any atom is -0.506 e. The number of esters is 2. The highest BCUT2D eigenvalue weighted by atomic mass is 16.5. The first-order chi connectivity index (χ1) is 16.4. The minimum atomic E-state index is -0.804. The lowest BCUT2D eigenvalue weighted by Crippen LogP contribution is -2.38. The molecule has 0 aromatic carbocycles. The van der Waals surface area contributed by atoms with Gasteiger partial charge >= 0.3 is 11.9 Å². The van der Waals surface area contributed by atoms with Crippen LogP contribution < -0.4 is 0 Å². The fraction of sp³-hybridized carbons (Fsp3) is 0.577. The molecule has 0 bridgehead atoms. The molecule has 0 aliphatic carbocycles. The zero-order valence-corrected chi connectivity index (χ0v) is 19.6. The zero-order chi connectivity index (χ0) is 24.6. The van der Waals surface area contributed by atoms with Crippen molar-refractivity contribution >= 4 is 11.9 Å². The van der Waals surface area contributed by atoms with E-state index in [2.05, 4.69) is 16.8 Å². The normalized spacial score (nSPS) is 18.8. The van der Waals surface area contributed by atoms with Crippen LogP contribution in [0, 0.1) is 42.4 Å². The van der Waals surface area contributed by atoms with Gasteiger partial charge in [0.05, 0.1) is 16.5 Å². The first-order valence-corrected chi connectivity index (χ1v) is 11.4. The highest BCUT2D eigenvalue weighted by Gasteiger charge is 2.42. The minimum absolute atomic E-state index is 0.108. The summed E-state index contributed by atoms with van der Waals surface area (Å²) in [7, 11) is 0. The van der Waals surface area contributed by atoms with E-state index >= 15 is 0 Å². The number of ether oxygens (including phenoxy) is 4. The van der Waals surface area contributed by atoms with Crippen LogP contribution in [-0.4, -0.2) is 48.5 Å². The quantitative estimate of drug-likeness (QED) is 0.458. The number of terminal acetylenes is 2. The molecule has 0 saturated carbocycles. The topological polar surface area (TPSA) is 104 Å². The van der Waals surface area contributed by atoms with Crippen LogP contribution in [-0.2, 0) is 41.8 Å².